The second-order valence-electron chi connectivity index (χ2n) is 9.24. The molecule has 192 valence electrons. The van der Waals surface area contributed by atoms with Crippen molar-refractivity contribution in [2.24, 2.45) is 15.7 Å². The van der Waals surface area contributed by atoms with E-state index in [0.717, 1.165) is 61.4 Å². The molecule has 0 aromatic heterocycles. The maximum absolute atomic E-state index is 11.3. The molecule has 0 aliphatic carbocycles. The summed E-state index contributed by atoms with van der Waals surface area (Å²) in [6, 6.07) is 15.8. The quantitative estimate of drug-likeness (QED) is 0.642. The van der Waals surface area contributed by atoms with Crippen LogP contribution in [0.2, 0.25) is 0 Å². The highest BCUT2D eigenvalue weighted by Crippen LogP contribution is 2.20. The number of hydrogen-bond donors (Lipinski definition) is 1. The van der Waals surface area contributed by atoms with Crippen molar-refractivity contribution in [3.63, 3.8) is 0 Å². The molecule has 0 saturated carbocycles. The van der Waals surface area contributed by atoms with Crippen molar-refractivity contribution in [3.8, 4) is 0 Å². The average Bonchev–Trinajstić information content (AvgIpc) is 3.68. The summed E-state index contributed by atoms with van der Waals surface area (Å²) in [4.78, 5) is 31.0. The van der Waals surface area contributed by atoms with E-state index in [4.69, 9.17) is 15.2 Å². The van der Waals surface area contributed by atoms with Crippen molar-refractivity contribution in [2.45, 2.75) is 64.5 Å². The first kappa shape index (κ1) is 27.3. The van der Waals surface area contributed by atoms with E-state index in [2.05, 4.69) is 41.2 Å². The van der Waals surface area contributed by atoms with Crippen molar-refractivity contribution < 1.29 is 19.1 Å². The van der Waals surface area contributed by atoms with Crippen LogP contribution < -0.4 is 5.73 Å². The number of hydrogen-bond acceptors (Lipinski definition) is 6. The maximum Gasteiger partial charge on any atom is 0.330 e. The van der Waals surface area contributed by atoms with Gasteiger partial charge in [-0.05, 0) is 63.5 Å². The van der Waals surface area contributed by atoms with Crippen LogP contribution in [0.4, 0.5) is 0 Å². The lowest BCUT2D eigenvalue weighted by Gasteiger charge is -2.02. The number of primary amides is 1. The Kier molecular flexibility index (Phi) is 10.4. The van der Waals surface area contributed by atoms with E-state index in [1.54, 1.807) is 0 Å². The number of esters is 1. The van der Waals surface area contributed by atoms with Gasteiger partial charge in [-0.2, -0.15) is 0 Å². The molecule has 0 radical (unpaired) electrons. The van der Waals surface area contributed by atoms with Gasteiger partial charge in [0, 0.05) is 24.6 Å². The molecule has 2 aromatic carbocycles. The summed E-state index contributed by atoms with van der Waals surface area (Å²) < 4.78 is 9.64. The summed E-state index contributed by atoms with van der Waals surface area (Å²) in [6.07, 6.45) is 5.76. The fourth-order valence-electron chi connectivity index (χ4n) is 4.13. The Bertz CT molecular complexity index is 1060. The number of amides is 1. The van der Waals surface area contributed by atoms with E-state index in [9.17, 15) is 9.59 Å². The van der Waals surface area contributed by atoms with Gasteiger partial charge in [-0.3, -0.25) is 14.8 Å². The molecule has 3 heterocycles. The molecule has 0 unspecified atom stereocenters. The van der Waals surface area contributed by atoms with Crippen LogP contribution in [0.5, 0.6) is 0 Å². The minimum absolute atomic E-state index is 0.234. The van der Waals surface area contributed by atoms with Crippen LogP contribution in [0.15, 0.2) is 58.5 Å². The summed E-state index contributed by atoms with van der Waals surface area (Å²) >= 11 is 0. The largest absolute Gasteiger partial charge is 0.467 e. The summed E-state index contributed by atoms with van der Waals surface area (Å²) in [7, 11) is 1.40. The smallest absolute Gasteiger partial charge is 0.330 e. The number of aryl methyl sites for hydroxylation is 2. The third-order valence-electron chi connectivity index (χ3n) is 6.33. The number of rotatable bonds is 4. The molecule has 36 heavy (non-hydrogen) atoms. The first-order chi connectivity index (χ1) is 17.4. The highest BCUT2D eigenvalue weighted by atomic mass is 16.5. The number of carbonyl (C=O) groups excluding carboxylic acids is 2. The minimum atomic E-state index is -0.322. The van der Waals surface area contributed by atoms with Crippen LogP contribution in [-0.2, 0) is 19.1 Å². The van der Waals surface area contributed by atoms with E-state index in [1.807, 2.05) is 31.2 Å². The number of methoxy groups -OCH3 is 1. The monoisotopic (exact) mass is 491 g/mol. The molecular weight excluding hydrogens is 454 g/mol. The Balaban J connectivity index is 0.000000168. The zero-order chi connectivity index (χ0) is 25.9. The molecule has 7 nitrogen and oxygen atoms in total. The Morgan fingerprint density at radius 1 is 0.806 bits per heavy atom. The molecule has 3 aliphatic heterocycles. The van der Waals surface area contributed by atoms with Gasteiger partial charge in [0.15, 0.2) is 0 Å². The van der Waals surface area contributed by atoms with Crippen LogP contribution in [-0.4, -0.2) is 55.7 Å². The van der Waals surface area contributed by atoms with Crippen LogP contribution in [0.25, 0.3) is 0 Å². The first-order valence-corrected chi connectivity index (χ1v) is 12.6. The molecule has 0 bridgehead atoms. The number of nitrogens with two attached hydrogens (primary N) is 1. The summed E-state index contributed by atoms with van der Waals surface area (Å²) in [6.45, 7) is 6.10. The molecule has 7 heteroatoms. The minimum Gasteiger partial charge on any atom is -0.467 e. The third kappa shape index (κ3) is 8.12. The van der Waals surface area contributed by atoms with Gasteiger partial charge in [-0.15, -0.1) is 0 Å². The van der Waals surface area contributed by atoms with E-state index in [0.29, 0.717) is 0 Å². The number of ether oxygens (including phenoxy) is 2. The van der Waals surface area contributed by atoms with E-state index in [-0.39, 0.29) is 24.0 Å². The molecule has 5 rings (SSSR count). The van der Waals surface area contributed by atoms with Gasteiger partial charge in [0.25, 0.3) is 0 Å². The third-order valence-corrected chi connectivity index (χ3v) is 6.33. The van der Waals surface area contributed by atoms with Gasteiger partial charge in [0.1, 0.15) is 12.1 Å². The Hall–Kier alpha value is -3.32. The zero-order valence-electron chi connectivity index (χ0n) is 21.5. The number of carbonyl (C=O) groups is 2. The molecule has 2 aromatic rings. The van der Waals surface area contributed by atoms with Crippen molar-refractivity contribution in [1.82, 2.24) is 0 Å². The molecule has 1 fully saturated rings. The van der Waals surface area contributed by atoms with Crippen LogP contribution in [0, 0.1) is 13.8 Å². The van der Waals surface area contributed by atoms with Crippen LogP contribution in [0.3, 0.4) is 0 Å². The first-order valence-electron chi connectivity index (χ1n) is 12.6. The van der Waals surface area contributed by atoms with E-state index >= 15 is 0 Å². The molecule has 1 saturated heterocycles. The topological polar surface area (TPSA) is 103 Å². The molecule has 0 spiro atoms. The number of aliphatic imine (C=N–C) groups is 2. The second-order valence-corrected chi connectivity index (χ2v) is 9.24. The van der Waals surface area contributed by atoms with Gasteiger partial charge in [0.2, 0.25) is 5.91 Å². The van der Waals surface area contributed by atoms with Crippen molar-refractivity contribution in [2.75, 3.05) is 20.3 Å². The predicted molar refractivity (Wildman–Crippen MR) is 143 cm³/mol. The fourth-order valence-corrected chi connectivity index (χ4v) is 4.13. The number of benzene rings is 2. The van der Waals surface area contributed by atoms with Gasteiger partial charge >= 0.3 is 5.97 Å². The van der Waals surface area contributed by atoms with Gasteiger partial charge < -0.3 is 15.2 Å². The van der Waals surface area contributed by atoms with Crippen molar-refractivity contribution in [1.29, 1.82) is 0 Å². The Labute approximate surface area is 213 Å². The van der Waals surface area contributed by atoms with Crippen molar-refractivity contribution >= 4 is 23.3 Å². The second kappa shape index (κ2) is 13.7. The standard InChI is InChI=1S/C13H15NO2.C12H14N2O.C4H8O/c1-9-3-5-10(6-4-9)11-7-8-12(14-11)13(15)16-2;1-8-2-4-9(5-3-8)10-6-7-11(14-10)12(13)15;1-2-4-5-3-1/h3-6,12H,7-8H2,1-2H3;2-5,11H,6-7H2,1H3,(H2,13,15);1-4H2/t12-;11-;/m00./s1. The van der Waals surface area contributed by atoms with E-state index < -0.39 is 0 Å². The van der Waals surface area contributed by atoms with Crippen LogP contribution >= 0.6 is 0 Å². The Morgan fingerprint density at radius 3 is 1.61 bits per heavy atom. The molecule has 2 N–H and O–H groups in total. The lowest BCUT2D eigenvalue weighted by molar-refractivity contribution is -0.142. The van der Waals surface area contributed by atoms with Crippen molar-refractivity contribution in [3.05, 3.63) is 70.8 Å². The SMILES string of the molecule is C1CCOC1.COC(=O)[C@@H]1CCC(c2ccc(C)cc2)=N1.Cc1ccc(C2=N[C@H](C(N)=O)CC2)cc1. The molecule has 3 aliphatic rings. The van der Waals surface area contributed by atoms with Gasteiger partial charge in [-0.25, -0.2) is 4.79 Å². The van der Waals surface area contributed by atoms with Gasteiger partial charge in [-0.1, -0.05) is 59.7 Å². The van der Waals surface area contributed by atoms with Crippen LogP contribution in [0.1, 0.15) is 60.8 Å². The Morgan fingerprint density at radius 2 is 1.25 bits per heavy atom. The van der Waals surface area contributed by atoms with E-state index in [1.165, 1.54) is 31.1 Å². The summed E-state index contributed by atoms with van der Waals surface area (Å²) in [5.74, 6) is -0.556. The molecule has 2 atom stereocenters. The zero-order valence-corrected chi connectivity index (χ0v) is 21.5. The van der Waals surface area contributed by atoms with Gasteiger partial charge in [0.05, 0.1) is 7.11 Å². The lowest BCUT2D eigenvalue weighted by atomic mass is 10.1. The lowest BCUT2D eigenvalue weighted by Crippen LogP contribution is -2.24. The summed E-state index contributed by atoms with van der Waals surface area (Å²) in [5, 5.41) is 0. The predicted octanol–water partition coefficient (Wildman–Crippen LogP) is 4.35. The highest BCUT2D eigenvalue weighted by molar-refractivity contribution is 6.04. The highest BCUT2D eigenvalue weighted by Gasteiger charge is 2.25. The maximum atomic E-state index is 11.3. The molecular formula is C29H37N3O4. The number of nitrogens with zero attached hydrogens (tertiary/aromatic N) is 2. The normalized spacial score (nSPS) is 20.3. The fraction of sp³-hybridized carbons (Fsp3) is 0.448. The molecule has 1 amide bonds. The average molecular weight is 492 g/mol. The summed E-state index contributed by atoms with van der Waals surface area (Å²) in [5.41, 5.74) is 11.9.